The largest absolute Gasteiger partial charge is 0.464 e. The summed E-state index contributed by atoms with van der Waals surface area (Å²) in [7, 11) is 1.22. The zero-order valence-corrected chi connectivity index (χ0v) is 11.4. The highest BCUT2D eigenvalue weighted by Gasteiger charge is 2.22. The van der Waals surface area contributed by atoms with Crippen molar-refractivity contribution in [2.24, 2.45) is 0 Å². The topological polar surface area (TPSA) is 106 Å². The van der Waals surface area contributed by atoms with Crippen LogP contribution in [0.15, 0.2) is 12.1 Å². The number of carbonyl (C=O) groups excluding carboxylic acids is 1. The summed E-state index contributed by atoms with van der Waals surface area (Å²) in [4.78, 5) is 27.6. The molecule has 0 spiro atoms. The van der Waals surface area contributed by atoms with E-state index in [0.717, 1.165) is 0 Å². The molecular formula is C12H17N3O5. The number of nitrogens with zero attached hydrogens (tertiary/aromatic N) is 3. The molecular weight excluding hydrogens is 266 g/mol. The van der Waals surface area contributed by atoms with Crippen molar-refractivity contribution in [3.63, 3.8) is 0 Å². The maximum atomic E-state index is 11.5. The summed E-state index contributed by atoms with van der Waals surface area (Å²) in [5.41, 5.74) is -0.173. The van der Waals surface area contributed by atoms with Gasteiger partial charge in [-0.25, -0.2) is 9.78 Å². The monoisotopic (exact) mass is 283 g/mol. The Morgan fingerprint density at radius 3 is 2.75 bits per heavy atom. The standard InChI is InChI=1S/C12H17N3O5/c1-3-14(7-4-8-16)11-10(15(18)19)6-5-9(13-11)12(17)20-2/h5-6,16H,3-4,7-8H2,1-2H3. The SMILES string of the molecule is CCN(CCCO)c1nc(C(=O)OC)ccc1[N+](=O)[O-]. The maximum absolute atomic E-state index is 11.5. The van der Waals surface area contributed by atoms with E-state index in [9.17, 15) is 14.9 Å². The summed E-state index contributed by atoms with van der Waals surface area (Å²) >= 11 is 0. The second-order valence-electron chi connectivity index (χ2n) is 3.94. The minimum Gasteiger partial charge on any atom is -0.464 e. The molecule has 0 aliphatic rings. The first-order valence-corrected chi connectivity index (χ1v) is 6.14. The second-order valence-corrected chi connectivity index (χ2v) is 3.94. The number of aliphatic hydroxyl groups excluding tert-OH is 1. The van der Waals surface area contributed by atoms with Gasteiger partial charge in [-0.3, -0.25) is 10.1 Å². The van der Waals surface area contributed by atoms with Crippen molar-refractivity contribution in [1.82, 2.24) is 4.98 Å². The number of esters is 1. The quantitative estimate of drug-likeness (QED) is 0.451. The molecule has 0 aliphatic carbocycles. The highest BCUT2D eigenvalue weighted by Crippen LogP contribution is 2.26. The van der Waals surface area contributed by atoms with Gasteiger partial charge in [-0.05, 0) is 19.4 Å². The normalized spacial score (nSPS) is 10.2. The van der Waals surface area contributed by atoms with Crippen LogP contribution in [0, 0.1) is 10.1 Å². The molecule has 0 bridgehead atoms. The van der Waals surface area contributed by atoms with Crippen molar-refractivity contribution in [2.45, 2.75) is 13.3 Å². The number of methoxy groups -OCH3 is 1. The fourth-order valence-electron chi connectivity index (χ4n) is 1.71. The van der Waals surface area contributed by atoms with Crippen LogP contribution in [0.2, 0.25) is 0 Å². The van der Waals surface area contributed by atoms with Crippen molar-refractivity contribution in [3.05, 3.63) is 27.9 Å². The molecule has 0 fully saturated rings. The number of nitro groups is 1. The van der Waals surface area contributed by atoms with Crippen LogP contribution in [-0.2, 0) is 4.74 Å². The van der Waals surface area contributed by atoms with E-state index in [-0.39, 0.29) is 23.8 Å². The molecule has 110 valence electrons. The van der Waals surface area contributed by atoms with Gasteiger partial charge in [-0.2, -0.15) is 0 Å². The number of hydrogen-bond acceptors (Lipinski definition) is 7. The highest BCUT2D eigenvalue weighted by molar-refractivity contribution is 5.88. The van der Waals surface area contributed by atoms with Gasteiger partial charge in [-0.15, -0.1) is 0 Å². The van der Waals surface area contributed by atoms with Crippen molar-refractivity contribution in [3.8, 4) is 0 Å². The molecule has 1 aromatic rings. The first-order valence-electron chi connectivity index (χ1n) is 6.14. The van der Waals surface area contributed by atoms with Gasteiger partial charge >= 0.3 is 11.7 Å². The van der Waals surface area contributed by atoms with E-state index in [1.807, 2.05) is 6.92 Å². The molecule has 8 heteroatoms. The number of carbonyl (C=O) groups is 1. The highest BCUT2D eigenvalue weighted by atomic mass is 16.6. The average molecular weight is 283 g/mol. The Morgan fingerprint density at radius 2 is 2.25 bits per heavy atom. The van der Waals surface area contributed by atoms with Crippen LogP contribution in [0.5, 0.6) is 0 Å². The fraction of sp³-hybridized carbons (Fsp3) is 0.500. The molecule has 0 amide bonds. The van der Waals surface area contributed by atoms with Gasteiger partial charge in [0.05, 0.1) is 12.0 Å². The Bertz CT molecular complexity index is 492. The maximum Gasteiger partial charge on any atom is 0.356 e. The molecule has 8 nitrogen and oxygen atoms in total. The van der Waals surface area contributed by atoms with Crippen molar-refractivity contribution in [2.75, 3.05) is 31.7 Å². The molecule has 1 heterocycles. The molecule has 1 rings (SSSR count). The van der Waals surface area contributed by atoms with E-state index in [1.165, 1.54) is 19.2 Å². The predicted octanol–water partition coefficient (Wildman–Crippen LogP) is 0.985. The van der Waals surface area contributed by atoms with Gasteiger partial charge in [-0.1, -0.05) is 0 Å². The van der Waals surface area contributed by atoms with Crippen LogP contribution in [0.3, 0.4) is 0 Å². The number of ether oxygens (including phenoxy) is 1. The van der Waals surface area contributed by atoms with Crippen molar-refractivity contribution >= 4 is 17.5 Å². The number of anilines is 1. The summed E-state index contributed by atoms with van der Waals surface area (Å²) in [5, 5.41) is 19.9. The lowest BCUT2D eigenvalue weighted by atomic mass is 10.3. The number of aliphatic hydroxyl groups is 1. The smallest absolute Gasteiger partial charge is 0.356 e. The van der Waals surface area contributed by atoms with Crippen LogP contribution in [-0.4, -0.2) is 47.8 Å². The third-order valence-electron chi connectivity index (χ3n) is 2.71. The predicted molar refractivity (Wildman–Crippen MR) is 71.8 cm³/mol. The molecule has 0 aromatic carbocycles. The zero-order chi connectivity index (χ0) is 15.1. The molecule has 0 unspecified atom stereocenters. The van der Waals surface area contributed by atoms with E-state index in [4.69, 9.17) is 5.11 Å². The summed E-state index contributed by atoms with van der Waals surface area (Å²) in [6.45, 7) is 2.67. The van der Waals surface area contributed by atoms with E-state index in [1.54, 1.807) is 4.90 Å². The molecule has 1 N–H and O–H groups in total. The molecule has 0 saturated heterocycles. The van der Waals surface area contributed by atoms with E-state index in [2.05, 4.69) is 9.72 Å². The summed E-state index contributed by atoms with van der Waals surface area (Å²) < 4.78 is 4.56. The molecule has 0 atom stereocenters. The number of aromatic nitrogens is 1. The van der Waals surface area contributed by atoms with Gasteiger partial charge in [0.15, 0.2) is 5.69 Å². The Kier molecular flexibility index (Phi) is 5.85. The van der Waals surface area contributed by atoms with Crippen molar-refractivity contribution in [1.29, 1.82) is 0 Å². The Labute approximate surface area is 116 Å². The number of rotatable bonds is 7. The number of hydrogen-bond donors (Lipinski definition) is 1. The van der Waals surface area contributed by atoms with Gasteiger partial charge in [0, 0.05) is 25.8 Å². The van der Waals surface area contributed by atoms with E-state index < -0.39 is 10.9 Å². The van der Waals surface area contributed by atoms with Gasteiger partial charge in [0.2, 0.25) is 5.82 Å². The Hall–Kier alpha value is -2.22. The van der Waals surface area contributed by atoms with Crippen LogP contribution in [0.25, 0.3) is 0 Å². The zero-order valence-electron chi connectivity index (χ0n) is 11.4. The van der Waals surface area contributed by atoms with Crippen LogP contribution in [0.1, 0.15) is 23.8 Å². The minimum absolute atomic E-state index is 0.00977. The molecule has 0 radical (unpaired) electrons. The number of pyridine rings is 1. The first kappa shape index (κ1) is 15.8. The van der Waals surface area contributed by atoms with Crippen LogP contribution in [0.4, 0.5) is 11.5 Å². The first-order chi connectivity index (χ1) is 9.54. The molecule has 0 aliphatic heterocycles. The average Bonchev–Trinajstić information content (AvgIpc) is 2.46. The van der Waals surface area contributed by atoms with Gasteiger partial charge < -0.3 is 14.7 Å². The fourth-order valence-corrected chi connectivity index (χ4v) is 1.71. The van der Waals surface area contributed by atoms with Crippen LogP contribution >= 0.6 is 0 Å². The molecule has 0 saturated carbocycles. The second kappa shape index (κ2) is 7.39. The van der Waals surface area contributed by atoms with E-state index in [0.29, 0.717) is 19.5 Å². The lowest BCUT2D eigenvalue weighted by Crippen LogP contribution is -2.27. The van der Waals surface area contributed by atoms with Crippen LogP contribution < -0.4 is 4.90 Å². The van der Waals surface area contributed by atoms with Gasteiger partial charge in [0.1, 0.15) is 0 Å². The molecule has 20 heavy (non-hydrogen) atoms. The van der Waals surface area contributed by atoms with E-state index >= 15 is 0 Å². The minimum atomic E-state index is -0.653. The third kappa shape index (κ3) is 3.64. The lowest BCUT2D eigenvalue weighted by molar-refractivity contribution is -0.384. The summed E-state index contributed by atoms with van der Waals surface area (Å²) in [6.07, 6.45) is 0.453. The summed E-state index contributed by atoms with van der Waals surface area (Å²) in [6, 6.07) is 2.49. The summed E-state index contributed by atoms with van der Waals surface area (Å²) in [5.74, 6) is -0.548. The van der Waals surface area contributed by atoms with Crippen molar-refractivity contribution < 1.29 is 19.6 Å². The molecule has 1 aromatic heterocycles. The Balaban J connectivity index is 3.22. The Morgan fingerprint density at radius 1 is 1.55 bits per heavy atom. The third-order valence-corrected chi connectivity index (χ3v) is 2.71. The van der Waals surface area contributed by atoms with Gasteiger partial charge in [0.25, 0.3) is 0 Å². The lowest BCUT2D eigenvalue weighted by Gasteiger charge is -2.21.